The van der Waals surface area contributed by atoms with Crippen molar-refractivity contribution >= 4 is 11.7 Å². The van der Waals surface area contributed by atoms with Gasteiger partial charge in [0.05, 0.1) is 19.8 Å². The van der Waals surface area contributed by atoms with Gasteiger partial charge < -0.3 is 24.6 Å². The number of hydrogen-bond acceptors (Lipinski definition) is 5. The number of para-hydroxylation sites is 1. The van der Waals surface area contributed by atoms with E-state index in [-0.39, 0.29) is 6.03 Å². The first-order valence-corrected chi connectivity index (χ1v) is 10.4. The van der Waals surface area contributed by atoms with Gasteiger partial charge >= 0.3 is 6.03 Å². The largest absolute Gasteiger partial charge is 0.383 e. The van der Waals surface area contributed by atoms with Crippen molar-refractivity contribution in [3.8, 4) is 0 Å². The second kappa shape index (κ2) is 10.6. The molecular formula is C21H34N4O3. The molecule has 1 N–H and O–H groups in total. The van der Waals surface area contributed by atoms with Crippen molar-refractivity contribution < 1.29 is 14.3 Å². The van der Waals surface area contributed by atoms with Crippen LogP contribution in [0.3, 0.4) is 0 Å². The van der Waals surface area contributed by atoms with Gasteiger partial charge in [-0.25, -0.2) is 4.79 Å². The molecule has 2 aliphatic heterocycles. The van der Waals surface area contributed by atoms with Crippen LogP contribution in [0.1, 0.15) is 18.9 Å². The molecule has 3 rings (SSSR count). The monoisotopic (exact) mass is 390 g/mol. The van der Waals surface area contributed by atoms with Gasteiger partial charge in [0.15, 0.2) is 0 Å². The van der Waals surface area contributed by atoms with Gasteiger partial charge in [-0.05, 0) is 18.1 Å². The lowest BCUT2D eigenvalue weighted by Gasteiger charge is -2.41. The van der Waals surface area contributed by atoms with Gasteiger partial charge in [0, 0.05) is 64.7 Å². The van der Waals surface area contributed by atoms with Crippen molar-refractivity contribution in [3.63, 3.8) is 0 Å². The van der Waals surface area contributed by atoms with Crippen LogP contribution in [-0.2, 0) is 16.0 Å². The van der Waals surface area contributed by atoms with Gasteiger partial charge in [0.2, 0.25) is 0 Å². The Balaban J connectivity index is 1.54. The topological polar surface area (TPSA) is 57.3 Å². The van der Waals surface area contributed by atoms with E-state index in [2.05, 4.69) is 40.2 Å². The van der Waals surface area contributed by atoms with Crippen LogP contribution in [0.2, 0.25) is 0 Å². The minimum absolute atomic E-state index is 0.0293. The van der Waals surface area contributed by atoms with Crippen LogP contribution in [0, 0.1) is 0 Å². The molecule has 1 atom stereocenters. The van der Waals surface area contributed by atoms with Crippen LogP contribution >= 0.6 is 0 Å². The molecule has 28 heavy (non-hydrogen) atoms. The van der Waals surface area contributed by atoms with Crippen molar-refractivity contribution in [2.45, 2.75) is 25.9 Å². The number of anilines is 1. The quantitative estimate of drug-likeness (QED) is 0.769. The third kappa shape index (κ3) is 5.37. The Kier molecular flexibility index (Phi) is 7.94. The molecule has 0 bridgehead atoms. The second-order valence-corrected chi connectivity index (χ2v) is 7.42. The Morgan fingerprint density at radius 1 is 1.21 bits per heavy atom. The highest BCUT2D eigenvalue weighted by atomic mass is 16.5. The van der Waals surface area contributed by atoms with E-state index in [0.29, 0.717) is 12.6 Å². The van der Waals surface area contributed by atoms with Crippen LogP contribution in [0.15, 0.2) is 24.3 Å². The maximum atomic E-state index is 12.8. The van der Waals surface area contributed by atoms with Gasteiger partial charge in [-0.1, -0.05) is 25.1 Å². The van der Waals surface area contributed by atoms with Crippen molar-refractivity contribution in [1.29, 1.82) is 0 Å². The molecule has 0 spiro atoms. The van der Waals surface area contributed by atoms with Crippen LogP contribution < -0.4 is 10.2 Å². The first kappa shape index (κ1) is 20.9. The van der Waals surface area contributed by atoms with E-state index in [9.17, 15) is 4.79 Å². The molecule has 1 aromatic carbocycles. The number of nitrogens with zero attached hydrogens (tertiary/aromatic N) is 3. The van der Waals surface area contributed by atoms with Crippen LogP contribution in [0.4, 0.5) is 10.5 Å². The average molecular weight is 391 g/mol. The molecule has 2 saturated heterocycles. The van der Waals surface area contributed by atoms with Crippen molar-refractivity contribution in [2.75, 3.05) is 71.1 Å². The number of urea groups is 1. The van der Waals surface area contributed by atoms with E-state index < -0.39 is 0 Å². The molecule has 2 fully saturated rings. The molecule has 0 aliphatic carbocycles. The summed E-state index contributed by atoms with van der Waals surface area (Å²) in [5.41, 5.74) is 2.35. The summed E-state index contributed by atoms with van der Waals surface area (Å²) in [5, 5.41) is 3.14. The number of morpholine rings is 1. The Morgan fingerprint density at radius 3 is 2.75 bits per heavy atom. The third-order valence-electron chi connectivity index (χ3n) is 5.72. The number of rotatable bonds is 7. The molecule has 7 nitrogen and oxygen atoms in total. The van der Waals surface area contributed by atoms with Gasteiger partial charge in [0.25, 0.3) is 0 Å². The lowest BCUT2D eigenvalue weighted by molar-refractivity contribution is 0.0623. The van der Waals surface area contributed by atoms with E-state index in [1.165, 1.54) is 5.69 Å². The SMILES string of the molecule is CCC1CN(C(=O)NCc2ccccc2N2CCOCC2)CCN1CCOC. The van der Waals surface area contributed by atoms with Crippen LogP contribution in [-0.4, -0.2) is 88.1 Å². The fourth-order valence-electron chi connectivity index (χ4n) is 4.02. The highest BCUT2D eigenvalue weighted by molar-refractivity contribution is 5.74. The smallest absolute Gasteiger partial charge is 0.317 e. The summed E-state index contributed by atoms with van der Waals surface area (Å²) in [6.45, 7) is 10.1. The number of ether oxygens (including phenoxy) is 2. The Bertz CT molecular complexity index is 621. The Labute approximate surface area is 168 Å². The van der Waals surface area contributed by atoms with Gasteiger partial charge in [-0.2, -0.15) is 0 Å². The minimum atomic E-state index is 0.0293. The van der Waals surface area contributed by atoms with E-state index in [4.69, 9.17) is 9.47 Å². The van der Waals surface area contributed by atoms with E-state index >= 15 is 0 Å². The standard InChI is InChI=1S/C21H34N4O3/c1-3-19-17-25(9-8-23(19)10-13-27-2)21(26)22-16-18-6-4-5-7-20(18)24-11-14-28-15-12-24/h4-7,19H,3,8-17H2,1-2H3,(H,22,26). The van der Waals surface area contributed by atoms with E-state index in [0.717, 1.165) is 71.1 Å². The van der Waals surface area contributed by atoms with E-state index in [1.807, 2.05) is 11.0 Å². The Morgan fingerprint density at radius 2 is 2.00 bits per heavy atom. The second-order valence-electron chi connectivity index (χ2n) is 7.42. The highest BCUT2D eigenvalue weighted by Crippen LogP contribution is 2.21. The van der Waals surface area contributed by atoms with Crippen LogP contribution in [0.5, 0.6) is 0 Å². The van der Waals surface area contributed by atoms with Gasteiger partial charge in [0.1, 0.15) is 0 Å². The number of carbonyl (C=O) groups is 1. The number of nitrogens with one attached hydrogen (secondary N) is 1. The predicted octanol–water partition coefficient (Wildman–Crippen LogP) is 1.78. The molecule has 2 amide bonds. The number of carbonyl (C=O) groups excluding carboxylic acids is 1. The highest BCUT2D eigenvalue weighted by Gasteiger charge is 2.28. The van der Waals surface area contributed by atoms with Crippen molar-refractivity contribution in [1.82, 2.24) is 15.1 Å². The van der Waals surface area contributed by atoms with Crippen molar-refractivity contribution in [3.05, 3.63) is 29.8 Å². The fourth-order valence-corrected chi connectivity index (χ4v) is 4.02. The molecular weight excluding hydrogens is 356 g/mol. The predicted molar refractivity (Wildman–Crippen MR) is 111 cm³/mol. The molecule has 0 saturated carbocycles. The molecule has 0 radical (unpaired) electrons. The number of methoxy groups -OCH3 is 1. The molecule has 0 aromatic heterocycles. The molecule has 156 valence electrons. The number of amides is 2. The lowest BCUT2D eigenvalue weighted by atomic mass is 10.1. The normalized spacial score (nSPS) is 21.0. The molecule has 1 unspecified atom stereocenters. The summed E-state index contributed by atoms with van der Waals surface area (Å²) in [7, 11) is 1.74. The maximum Gasteiger partial charge on any atom is 0.317 e. The summed E-state index contributed by atoms with van der Waals surface area (Å²) < 4.78 is 10.7. The number of benzene rings is 1. The number of piperazine rings is 1. The zero-order chi connectivity index (χ0) is 19.8. The van der Waals surface area contributed by atoms with Gasteiger partial charge in [-0.15, -0.1) is 0 Å². The molecule has 2 aliphatic rings. The summed E-state index contributed by atoms with van der Waals surface area (Å²) in [5.74, 6) is 0. The first-order valence-electron chi connectivity index (χ1n) is 10.4. The zero-order valence-electron chi connectivity index (χ0n) is 17.2. The maximum absolute atomic E-state index is 12.8. The summed E-state index contributed by atoms with van der Waals surface area (Å²) in [6, 6.07) is 8.75. The van der Waals surface area contributed by atoms with Crippen LogP contribution in [0.25, 0.3) is 0 Å². The lowest BCUT2D eigenvalue weighted by Crippen LogP contribution is -2.57. The van der Waals surface area contributed by atoms with Crippen molar-refractivity contribution in [2.24, 2.45) is 0 Å². The zero-order valence-corrected chi connectivity index (χ0v) is 17.2. The molecule has 2 heterocycles. The summed E-state index contributed by atoms with van der Waals surface area (Å²) >= 11 is 0. The number of hydrogen-bond donors (Lipinski definition) is 1. The third-order valence-corrected chi connectivity index (χ3v) is 5.72. The average Bonchev–Trinajstić information content (AvgIpc) is 2.76. The summed E-state index contributed by atoms with van der Waals surface area (Å²) in [4.78, 5) is 19.5. The first-order chi connectivity index (χ1) is 13.7. The van der Waals surface area contributed by atoms with E-state index in [1.54, 1.807) is 7.11 Å². The minimum Gasteiger partial charge on any atom is -0.383 e. The fraction of sp³-hybridized carbons (Fsp3) is 0.667. The molecule has 1 aromatic rings. The Hall–Kier alpha value is -1.83. The summed E-state index contributed by atoms with van der Waals surface area (Å²) in [6.07, 6.45) is 1.04. The van der Waals surface area contributed by atoms with Gasteiger partial charge in [-0.3, -0.25) is 4.90 Å². The molecule has 7 heteroatoms.